The predicted molar refractivity (Wildman–Crippen MR) is 73.4 cm³/mol. The molecule has 0 aromatic heterocycles. The zero-order valence-corrected chi connectivity index (χ0v) is 10.8. The van der Waals surface area contributed by atoms with E-state index in [1.54, 1.807) is 31.4 Å². The zero-order chi connectivity index (χ0) is 13.8. The summed E-state index contributed by atoms with van der Waals surface area (Å²) < 4.78 is 10.8. The molecule has 0 amide bonds. The topological polar surface area (TPSA) is 68.3 Å². The summed E-state index contributed by atoms with van der Waals surface area (Å²) in [7, 11) is 1.54. The third-order valence-electron chi connectivity index (χ3n) is 2.64. The van der Waals surface area contributed by atoms with Crippen molar-refractivity contribution in [2.45, 2.75) is 6.92 Å². The molecule has 2 rings (SSSR count). The predicted octanol–water partition coefficient (Wildman–Crippen LogP) is 3.25. The molecule has 0 spiro atoms. The van der Waals surface area contributed by atoms with Crippen molar-refractivity contribution >= 4 is 5.69 Å². The van der Waals surface area contributed by atoms with E-state index in [0.29, 0.717) is 28.5 Å². The molecule has 0 aliphatic carbocycles. The van der Waals surface area contributed by atoms with Crippen LogP contribution in [0.5, 0.6) is 17.2 Å². The van der Waals surface area contributed by atoms with E-state index in [-0.39, 0.29) is 0 Å². The van der Waals surface area contributed by atoms with E-state index in [2.05, 4.69) is 6.07 Å². The molecule has 2 N–H and O–H groups in total. The first-order chi connectivity index (χ1) is 9.12. The number of benzene rings is 2. The van der Waals surface area contributed by atoms with Gasteiger partial charge in [0, 0.05) is 6.07 Å². The van der Waals surface area contributed by atoms with Crippen LogP contribution in [0, 0.1) is 18.3 Å². The second kappa shape index (κ2) is 5.32. The molecule has 0 aliphatic heterocycles. The molecule has 0 saturated carbocycles. The van der Waals surface area contributed by atoms with Crippen molar-refractivity contribution in [3.05, 3.63) is 47.5 Å². The van der Waals surface area contributed by atoms with Gasteiger partial charge >= 0.3 is 0 Å². The summed E-state index contributed by atoms with van der Waals surface area (Å²) in [6.07, 6.45) is 0. The van der Waals surface area contributed by atoms with Gasteiger partial charge in [-0.1, -0.05) is 6.07 Å². The molecule has 0 aliphatic rings. The molecule has 2 aromatic rings. The van der Waals surface area contributed by atoms with E-state index >= 15 is 0 Å². The first kappa shape index (κ1) is 12.8. The summed E-state index contributed by atoms with van der Waals surface area (Å²) >= 11 is 0. The van der Waals surface area contributed by atoms with Crippen LogP contribution >= 0.6 is 0 Å². The van der Waals surface area contributed by atoms with Crippen molar-refractivity contribution in [2.24, 2.45) is 0 Å². The van der Waals surface area contributed by atoms with Crippen LogP contribution < -0.4 is 15.2 Å². The minimum atomic E-state index is 0.472. The average molecular weight is 254 g/mol. The van der Waals surface area contributed by atoms with Gasteiger partial charge in [-0.2, -0.15) is 5.26 Å². The number of nitrogens with zero attached hydrogens (tertiary/aromatic N) is 1. The molecule has 4 nitrogen and oxygen atoms in total. The zero-order valence-electron chi connectivity index (χ0n) is 10.8. The van der Waals surface area contributed by atoms with Crippen LogP contribution in [0.15, 0.2) is 36.4 Å². The van der Waals surface area contributed by atoms with Crippen molar-refractivity contribution in [2.75, 3.05) is 12.8 Å². The highest BCUT2D eigenvalue weighted by atomic mass is 16.5. The molecule has 0 unspecified atom stereocenters. The third kappa shape index (κ3) is 2.96. The molecule has 0 heterocycles. The Hall–Kier alpha value is -2.67. The average Bonchev–Trinajstić information content (AvgIpc) is 2.41. The summed E-state index contributed by atoms with van der Waals surface area (Å²) in [6, 6.07) is 12.6. The molecule has 19 heavy (non-hydrogen) atoms. The molecular weight excluding hydrogens is 240 g/mol. The quantitative estimate of drug-likeness (QED) is 0.854. The van der Waals surface area contributed by atoms with Crippen molar-refractivity contribution in [1.82, 2.24) is 0 Å². The largest absolute Gasteiger partial charge is 0.497 e. The number of methoxy groups -OCH3 is 1. The second-order valence-corrected chi connectivity index (χ2v) is 4.15. The van der Waals surface area contributed by atoms with E-state index in [1.807, 2.05) is 19.1 Å². The smallest absolute Gasteiger partial charge is 0.150 e. The van der Waals surface area contributed by atoms with Crippen LogP contribution in [-0.2, 0) is 0 Å². The van der Waals surface area contributed by atoms with Crippen LogP contribution in [0.25, 0.3) is 0 Å². The number of rotatable bonds is 3. The lowest BCUT2D eigenvalue weighted by molar-refractivity contribution is 0.409. The number of nitriles is 1. The fraction of sp³-hybridized carbons (Fsp3) is 0.133. The lowest BCUT2D eigenvalue weighted by Gasteiger charge is -2.10. The number of nitrogens with two attached hydrogens (primary N) is 1. The SMILES string of the molecule is COc1cc(C#N)cc(Oc2ccc(C)cc2N)c1. The van der Waals surface area contributed by atoms with Gasteiger partial charge in [-0.3, -0.25) is 0 Å². The number of anilines is 1. The van der Waals surface area contributed by atoms with Gasteiger partial charge in [0.2, 0.25) is 0 Å². The summed E-state index contributed by atoms with van der Waals surface area (Å²) in [5.74, 6) is 1.65. The van der Waals surface area contributed by atoms with Crippen LogP contribution in [0.2, 0.25) is 0 Å². The molecule has 0 bridgehead atoms. The van der Waals surface area contributed by atoms with E-state index in [1.165, 1.54) is 0 Å². The van der Waals surface area contributed by atoms with E-state index in [0.717, 1.165) is 5.56 Å². The maximum atomic E-state index is 8.95. The van der Waals surface area contributed by atoms with Gasteiger partial charge in [0.1, 0.15) is 17.2 Å². The van der Waals surface area contributed by atoms with Crippen LogP contribution in [0.3, 0.4) is 0 Å². The minimum Gasteiger partial charge on any atom is -0.497 e. The molecule has 0 atom stereocenters. The summed E-state index contributed by atoms with van der Waals surface area (Å²) in [5.41, 5.74) is 7.98. The number of ether oxygens (including phenoxy) is 2. The Bertz CT molecular complexity index is 645. The van der Waals surface area contributed by atoms with Gasteiger partial charge in [0.05, 0.1) is 24.4 Å². The molecule has 96 valence electrons. The first-order valence-electron chi connectivity index (χ1n) is 5.75. The van der Waals surface area contributed by atoms with Gasteiger partial charge < -0.3 is 15.2 Å². The Morgan fingerprint density at radius 2 is 1.84 bits per heavy atom. The Kier molecular flexibility index (Phi) is 3.58. The van der Waals surface area contributed by atoms with Crippen LogP contribution in [0.1, 0.15) is 11.1 Å². The Morgan fingerprint density at radius 3 is 2.47 bits per heavy atom. The standard InChI is InChI=1S/C15H14N2O2/c1-10-3-4-15(14(17)5-10)19-13-7-11(9-16)6-12(8-13)18-2/h3-8H,17H2,1-2H3. The van der Waals surface area contributed by atoms with Crippen molar-refractivity contribution < 1.29 is 9.47 Å². The highest BCUT2D eigenvalue weighted by molar-refractivity contribution is 5.56. The number of hydrogen-bond donors (Lipinski definition) is 1. The third-order valence-corrected chi connectivity index (χ3v) is 2.64. The van der Waals surface area contributed by atoms with Crippen molar-refractivity contribution in [3.63, 3.8) is 0 Å². The highest BCUT2D eigenvalue weighted by Crippen LogP contribution is 2.31. The maximum Gasteiger partial charge on any atom is 0.150 e. The maximum absolute atomic E-state index is 8.95. The summed E-state index contributed by atoms with van der Waals surface area (Å²) in [6.45, 7) is 1.96. The minimum absolute atomic E-state index is 0.472. The lowest BCUT2D eigenvalue weighted by atomic mass is 10.2. The molecular formula is C15H14N2O2. The van der Waals surface area contributed by atoms with E-state index in [9.17, 15) is 0 Å². The van der Waals surface area contributed by atoms with Gasteiger partial charge in [0.25, 0.3) is 0 Å². The van der Waals surface area contributed by atoms with Gasteiger partial charge in [-0.25, -0.2) is 0 Å². The van der Waals surface area contributed by atoms with Crippen molar-refractivity contribution in [1.29, 1.82) is 5.26 Å². The van der Waals surface area contributed by atoms with Gasteiger partial charge in [-0.05, 0) is 36.8 Å². The van der Waals surface area contributed by atoms with Crippen molar-refractivity contribution in [3.8, 4) is 23.3 Å². The van der Waals surface area contributed by atoms with E-state index in [4.69, 9.17) is 20.5 Å². The second-order valence-electron chi connectivity index (χ2n) is 4.15. The number of hydrogen-bond acceptors (Lipinski definition) is 4. The van der Waals surface area contributed by atoms with E-state index < -0.39 is 0 Å². The monoisotopic (exact) mass is 254 g/mol. The fourth-order valence-electron chi connectivity index (χ4n) is 1.70. The normalized spacial score (nSPS) is 9.74. The Morgan fingerprint density at radius 1 is 1.11 bits per heavy atom. The number of nitrogen functional groups attached to an aromatic ring is 1. The highest BCUT2D eigenvalue weighted by Gasteiger charge is 2.06. The van der Waals surface area contributed by atoms with Crippen LogP contribution in [-0.4, -0.2) is 7.11 Å². The van der Waals surface area contributed by atoms with Gasteiger partial charge in [0.15, 0.2) is 0 Å². The van der Waals surface area contributed by atoms with Gasteiger partial charge in [-0.15, -0.1) is 0 Å². The summed E-state index contributed by atoms with van der Waals surface area (Å²) in [4.78, 5) is 0. The Labute approximate surface area is 112 Å². The molecule has 2 aromatic carbocycles. The Balaban J connectivity index is 2.35. The van der Waals surface area contributed by atoms with Crippen LogP contribution in [0.4, 0.5) is 5.69 Å². The molecule has 0 saturated heterocycles. The first-order valence-corrected chi connectivity index (χ1v) is 5.75. The molecule has 0 radical (unpaired) electrons. The fourth-order valence-corrected chi connectivity index (χ4v) is 1.70. The number of aryl methyl sites for hydroxylation is 1. The lowest BCUT2D eigenvalue weighted by Crippen LogP contribution is -1.94. The summed E-state index contributed by atoms with van der Waals surface area (Å²) in [5, 5.41) is 8.95. The molecule has 4 heteroatoms. The molecule has 0 fully saturated rings.